The highest BCUT2D eigenvalue weighted by atomic mass is 32.2. The highest BCUT2D eigenvalue weighted by molar-refractivity contribution is 7.87. The lowest BCUT2D eigenvalue weighted by molar-refractivity contribution is -0.138. The molecule has 6 nitrogen and oxygen atoms in total. The van der Waals surface area contributed by atoms with Gasteiger partial charge in [-0.15, -0.1) is 0 Å². The lowest BCUT2D eigenvalue weighted by atomic mass is 9.51. The summed E-state index contributed by atoms with van der Waals surface area (Å²) < 4.78 is 79.7. The van der Waals surface area contributed by atoms with Crippen molar-refractivity contribution >= 4 is 24.4 Å². The molecule has 0 radical (unpaired) electrons. The third kappa shape index (κ3) is 5.00. The second kappa shape index (κ2) is 8.55. The van der Waals surface area contributed by atoms with Crippen LogP contribution in [-0.2, 0) is 28.3 Å². The number of esters is 1. The molecule has 0 amide bonds. The molecule has 0 N–H and O–H groups in total. The summed E-state index contributed by atoms with van der Waals surface area (Å²) in [5.74, 6) is -1.58. The largest absolute Gasteiger partial charge is 0.534 e. The van der Waals surface area contributed by atoms with Crippen LogP contribution in [0.25, 0.3) is 0 Å². The zero-order valence-electron chi connectivity index (χ0n) is 21.0. The van der Waals surface area contributed by atoms with Gasteiger partial charge in [-0.25, -0.2) is 4.79 Å². The van der Waals surface area contributed by atoms with Gasteiger partial charge in [0.15, 0.2) is 8.32 Å². The highest BCUT2D eigenvalue weighted by Gasteiger charge is 2.60. The topological polar surface area (TPSA) is 78.9 Å². The first-order chi connectivity index (χ1) is 14.6. The van der Waals surface area contributed by atoms with E-state index < -0.39 is 46.5 Å². The van der Waals surface area contributed by atoms with Crippen LogP contribution in [-0.4, -0.2) is 41.4 Å². The van der Waals surface area contributed by atoms with Gasteiger partial charge in [0.25, 0.3) is 0 Å². The molecule has 2 aliphatic carbocycles. The maximum atomic E-state index is 13.2. The van der Waals surface area contributed by atoms with Gasteiger partial charge < -0.3 is 13.3 Å². The van der Waals surface area contributed by atoms with Crippen LogP contribution in [0.1, 0.15) is 67.2 Å². The van der Waals surface area contributed by atoms with E-state index in [1.807, 2.05) is 13.8 Å². The molecule has 11 heteroatoms. The van der Waals surface area contributed by atoms with Crippen molar-refractivity contribution in [2.45, 2.75) is 97.0 Å². The Labute approximate surface area is 196 Å². The molecule has 0 bridgehead atoms. The molecule has 1 fully saturated rings. The van der Waals surface area contributed by atoms with Gasteiger partial charge in [-0.05, 0) is 55.1 Å². The van der Waals surface area contributed by atoms with Crippen molar-refractivity contribution in [3.05, 3.63) is 11.3 Å². The summed E-state index contributed by atoms with van der Waals surface area (Å²) in [6, 6.07) is 0. The SMILES string of the molecule is COC(=O)C1=C(OS(=O)(=O)C(F)(F)F)[C@]2(C)CC[C@H](O[Si](C)(C)C(C)(C)C)C(C)(C)[C@H]2CC1. The van der Waals surface area contributed by atoms with Crippen LogP contribution in [0.3, 0.4) is 0 Å². The van der Waals surface area contributed by atoms with Crippen molar-refractivity contribution in [1.82, 2.24) is 0 Å². The molecule has 0 aliphatic heterocycles. The summed E-state index contributed by atoms with van der Waals surface area (Å²) >= 11 is 0. The molecule has 0 saturated heterocycles. The molecule has 33 heavy (non-hydrogen) atoms. The van der Waals surface area contributed by atoms with Crippen LogP contribution < -0.4 is 0 Å². The number of carbonyl (C=O) groups excluding carboxylic acids is 1. The van der Waals surface area contributed by atoms with Crippen LogP contribution in [0.15, 0.2) is 11.3 Å². The summed E-state index contributed by atoms with van der Waals surface area (Å²) in [5, 5.41) is -0.0244. The van der Waals surface area contributed by atoms with Crippen molar-refractivity contribution in [2.75, 3.05) is 7.11 Å². The van der Waals surface area contributed by atoms with Crippen LogP contribution in [0.4, 0.5) is 13.2 Å². The van der Waals surface area contributed by atoms with Crippen LogP contribution in [0.5, 0.6) is 0 Å². The monoisotopic (exact) mass is 514 g/mol. The minimum absolute atomic E-state index is 0.0244. The maximum Gasteiger partial charge on any atom is 0.534 e. The number of allylic oxidation sites excluding steroid dienone is 1. The van der Waals surface area contributed by atoms with Crippen LogP contribution in [0.2, 0.25) is 18.1 Å². The van der Waals surface area contributed by atoms with E-state index in [0.717, 1.165) is 7.11 Å². The lowest BCUT2D eigenvalue weighted by Gasteiger charge is -2.58. The van der Waals surface area contributed by atoms with Gasteiger partial charge in [-0.3, -0.25) is 0 Å². The summed E-state index contributed by atoms with van der Waals surface area (Å²) in [7, 11) is -6.99. The molecular formula is C22H37F3O6SSi. The van der Waals surface area contributed by atoms with E-state index in [2.05, 4.69) is 33.9 Å². The number of alkyl halides is 3. The average Bonchev–Trinajstić information content (AvgIpc) is 2.62. The van der Waals surface area contributed by atoms with Gasteiger partial charge >= 0.3 is 21.6 Å². The van der Waals surface area contributed by atoms with Crippen molar-refractivity contribution < 1.29 is 39.7 Å². The Kier molecular flexibility index (Phi) is 7.30. The number of rotatable bonds is 5. The molecule has 0 spiro atoms. The summed E-state index contributed by atoms with van der Waals surface area (Å²) in [6.07, 6.45) is 1.20. The van der Waals surface area contributed by atoms with Gasteiger partial charge in [0.1, 0.15) is 5.76 Å². The predicted octanol–water partition coefficient (Wildman–Crippen LogP) is 5.91. The zero-order valence-corrected chi connectivity index (χ0v) is 22.8. The van der Waals surface area contributed by atoms with E-state index in [4.69, 9.17) is 13.3 Å². The first kappa shape index (κ1) is 28.2. The second-order valence-electron chi connectivity index (χ2n) is 11.5. The molecular weight excluding hydrogens is 477 g/mol. The quantitative estimate of drug-likeness (QED) is 0.197. The Hall–Kier alpha value is -1.07. The zero-order chi connectivity index (χ0) is 25.8. The van der Waals surface area contributed by atoms with Gasteiger partial charge in [0, 0.05) is 5.41 Å². The maximum absolute atomic E-state index is 13.2. The van der Waals surface area contributed by atoms with E-state index in [1.54, 1.807) is 6.92 Å². The van der Waals surface area contributed by atoms with Crippen LogP contribution in [0, 0.1) is 16.7 Å². The van der Waals surface area contributed by atoms with Gasteiger partial charge in [-0.1, -0.05) is 41.5 Å². The van der Waals surface area contributed by atoms with Crippen molar-refractivity contribution in [1.29, 1.82) is 0 Å². The Balaban J connectivity index is 2.56. The first-order valence-electron chi connectivity index (χ1n) is 11.1. The molecule has 0 aromatic rings. The number of methoxy groups -OCH3 is 1. The average molecular weight is 515 g/mol. The smallest absolute Gasteiger partial charge is 0.466 e. The normalized spacial score (nSPS) is 28.8. The molecule has 0 aromatic heterocycles. The van der Waals surface area contributed by atoms with Crippen LogP contribution >= 0.6 is 0 Å². The van der Waals surface area contributed by atoms with Gasteiger partial charge in [0.2, 0.25) is 0 Å². The predicted molar refractivity (Wildman–Crippen MR) is 121 cm³/mol. The second-order valence-corrected chi connectivity index (χ2v) is 17.8. The number of fused-ring (bicyclic) bond motifs is 1. The number of ether oxygens (including phenoxy) is 1. The number of hydrogen-bond donors (Lipinski definition) is 0. The Morgan fingerprint density at radius 1 is 1.09 bits per heavy atom. The third-order valence-electron chi connectivity index (χ3n) is 8.05. The summed E-state index contributed by atoms with van der Waals surface area (Å²) in [5.41, 5.74) is -7.36. The lowest BCUT2D eigenvalue weighted by Crippen LogP contribution is -2.57. The van der Waals surface area contributed by atoms with E-state index in [0.29, 0.717) is 19.3 Å². The summed E-state index contributed by atoms with van der Waals surface area (Å²) in [6.45, 7) is 16.4. The number of carbonyl (C=O) groups is 1. The molecule has 192 valence electrons. The Morgan fingerprint density at radius 2 is 1.64 bits per heavy atom. The van der Waals surface area contributed by atoms with E-state index >= 15 is 0 Å². The fourth-order valence-electron chi connectivity index (χ4n) is 5.10. The fourth-order valence-corrected chi connectivity index (χ4v) is 7.19. The molecule has 2 rings (SSSR count). The van der Waals surface area contributed by atoms with E-state index in [-0.39, 0.29) is 29.1 Å². The Bertz CT molecular complexity index is 917. The standard InChI is InChI=1S/C22H37F3O6SSi/c1-19(2,3)33(8,9)31-16-12-13-21(6)15(20(16,4)5)11-10-14(18(26)29-7)17(21)30-32(27,28)22(23,24)25/h15-16H,10-13H2,1-9H3/t15-,16+,21-/m1/s1. The van der Waals surface area contributed by atoms with Gasteiger partial charge in [-0.2, -0.15) is 21.6 Å². The minimum Gasteiger partial charge on any atom is -0.466 e. The molecule has 0 aromatic carbocycles. The van der Waals surface area contributed by atoms with E-state index in [9.17, 15) is 26.4 Å². The summed E-state index contributed by atoms with van der Waals surface area (Å²) in [4.78, 5) is 12.4. The molecule has 0 unspecified atom stereocenters. The molecule has 0 heterocycles. The molecule has 1 saturated carbocycles. The fraction of sp³-hybridized carbons (Fsp3) is 0.864. The van der Waals surface area contributed by atoms with Crippen molar-refractivity contribution in [3.8, 4) is 0 Å². The minimum atomic E-state index is -5.95. The first-order valence-corrected chi connectivity index (χ1v) is 15.4. The van der Waals surface area contributed by atoms with Gasteiger partial charge in [0.05, 0.1) is 18.8 Å². The molecule has 3 atom stereocenters. The third-order valence-corrected chi connectivity index (χ3v) is 13.5. The van der Waals surface area contributed by atoms with E-state index in [1.165, 1.54) is 0 Å². The molecule has 2 aliphatic rings. The highest BCUT2D eigenvalue weighted by Crippen LogP contribution is 2.61. The van der Waals surface area contributed by atoms with Crippen molar-refractivity contribution in [3.63, 3.8) is 0 Å². The Morgan fingerprint density at radius 3 is 2.09 bits per heavy atom. The number of hydrogen-bond acceptors (Lipinski definition) is 6. The number of halogens is 3. The van der Waals surface area contributed by atoms with Crippen molar-refractivity contribution in [2.24, 2.45) is 16.7 Å².